The molecule has 2 aliphatic carbocycles. The zero-order valence-corrected chi connectivity index (χ0v) is 10.2. The van der Waals surface area contributed by atoms with E-state index in [1.54, 1.807) is 6.26 Å². The van der Waals surface area contributed by atoms with E-state index in [1.165, 1.54) is 25.7 Å². The molecule has 0 N–H and O–H groups in total. The van der Waals surface area contributed by atoms with E-state index >= 15 is 0 Å². The van der Waals surface area contributed by atoms with Crippen LogP contribution in [0.25, 0.3) is 0 Å². The Morgan fingerprint density at radius 2 is 2.29 bits per heavy atom. The lowest BCUT2D eigenvalue weighted by Crippen LogP contribution is -2.15. The molecule has 2 nitrogen and oxygen atoms in total. The van der Waals surface area contributed by atoms with Crippen LogP contribution in [-0.2, 0) is 11.2 Å². The van der Waals surface area contributed by atoms with Gasteiger partial charge in [0.25, 0.3) is 0 Å². The number of rotatable bonds is 5. The van der Waals surface area contributed by atoms with Crippen LogP contribution in [0.5, 0.6) is 0 Å². The van der Waals surface area contributed by atoms with E-state index in [-0.39, 0.29) is 0 Å². The molecule has 2 fully saturated rings. The number of aryl methyl sites for hydroxylation is 1. The largest absolute Gasteiger partial charge is 0.469 e. The minimum absolute atomic E-state index is 0.430. The first-order chi connectivity index (χ1) is 8.31. The number of carbonyl (C=O) groups is 1. The second kappa shape index (κ2) is 4.67. The average Bonchev–Trinajstić information content (AvgIpc) is 3.03. The maximum atomic E-state index is 11.9. The highest BCUT2D eigenvalue weighted by atomic mass is 16.3. The minimum Gasteiger partial charge on any atom is -0.469 e. The molecule has 3 rings (SSSR count). The van der Waals surface area contributed by atoms with Crippen LogP contribution >= 0.6 is 0 Å². The number of ketones is 1. The Kier molecular flexibility index (Phi) is 3.04. The Bertz CT molecular complexity index is 380. The molecular weight excluding hydrogens is 212 g/mol. The van der Waals surface area contributed by atoms with Crippen molar-refractivity contribution in [3.63, 3.8) is 0 Å². The van der Waals surface area contributed by atoms with Crippen LogP contribution in [0.1, 0.15) is 44.3 Å². The number of fused-ring (bicyclic) bond motifs is 2. The van der Waals surface area contributed by atoms with Gasteiger partial charge >= 0.3 is 0 Å². The van der Waals surface area contributed by atoms with Crippen molar-refractivity contribution in [3.05, 3.63) is 24.2 Å². The van der Waals surface area contributed by atoms with Crippen molar-refractivity contribution in [1.82, 2.24) is 0 Å². The van der Waals surface area contributed by atoms with Gasteiger partial charge in [0.1, 0.15) is 11.5 Å². The van der Waals surface area contributed by atoms with Crippen molar-refractivity contribution in [1.29, 1.82) is 0 Å². The van der Waals surface area contributed by atoms with Gasteiger partial charge in [-0.15, -0.1) is 0 Å². The Labute approximate surface area is 102 Å². The van der Waals surface area contributed by atoms with E-state index in [0.29, 0.717) is 18.1 Å². The van der Waals surface area contributed by atoms with Crippen molar-refractivity contribution in [3.8, 4) is 0 Å². The van der Waals surface area contributed by atoms with Gasteiger partial charge in [0.05, 0.1) is 6.26 Å². The second-order valence-corrected chi connectivity index (χ2v) is 5.76. The number of hydrogen-bond acceptors (Lipinski definition) is 2. The fourth-order valence-electron chi connectivity index (χ4n) is 3.74. The third kappa shape index (κ3) is 2.46. The highest BCUT2D eigenvalue weighted by Crippen LogP contribution is 2.49. The summed E-state index contributed by atoms with van der Waals surface area (Å²) in [6, 6.07) is 3.83. The molecule has 0 aromatic carbocycles. The smallest absolute Gasteiger partial charge is 0.133 e. The van der Waals surface area contributed by atoms with Crippen LogP contribution in [0.4, 0.5) is 0 Å². The van der Waals surface area contributed by atoms with Crippen molar-refractivity contribution >= 4 is 5.78 Å². The molecule has 2 saturated carbocycles. The van der Waals surface area contributed by atoms with Crippen LogP contribution in [0.3, 0.4) is 0 Å². The highest BCUT2D eigenvalue weighted by molar-refractivity contribution is 5.78. The first-order valence-corrected chi connectivity index (χ1v) is 6.85. The average molecular weight is 232 g/mol. The number of Topliss-reactive ketones (excluding diaryl/α,β-unsaturated/α-hetero) is 1. The normalized spacial score (nSPS) is 30.9. The van der Waals surface area contributed by atoms with Crippen LogP contribution in [0, 0.1) is 17.8 Å². The molecule has 2 bridgehead atoms. The molecule has 0 spiro atoms. The van der Waals surface area contributed by atoms with Crippen LogP contribution in [0.2, 0.25) is 0 Å². The van der Waals surface area contributed by atoms with Crippen LogP contribution in [0.15, 0.2) is 22.8 Å². The summed E-state index contributed by atoms with van der Waals surface area (Å²) in [5.74, 6) is 3.89. The lowest BCUT2D eigenvalue weighted by atomic mass is 9.84. The van der Waals surface area contributed by atoms with Crippen molar-refractivity contribution in [2.45, 2.75) is 44.9 Å². The minimum atomic E-state index is 0.430. The summed E-state index contributed by atoms with van der Waals surface area (Å²) < 4.78 is 5.25. The number of hydrogen-bond donors (Lipinski definition) is 0. The first-order valence-electron chi connectivity index (χ1n) is 6.85. The lowest BCUT2D eigenvalue weighted by molar-refractivity contribution is -0.120. The fourth-order valence-corrected chi connectivity index (χ4v) is 3.74. The van der Waals surface area contributed by atoms with Crippen molar-refractivity contribution < 1.29 is 9.21 Å². The van der Waals surface area contributed by atoms with E-state index in [0.717, 1.165) is 30.4 Å². The van der Waals surface area contributed by atoms with Gasteiger partial charge in [0, 0.05) is 19.3 Å². The van der Waals surface area contributed by atoms with Crippen molar-refractivity contribution in [2.24, 2.45) is 17.8 Å². The molecule has 2 heteroatoms. The molecule has 1 heterocycles. The Morgan fingerprint density at radius 3 is 2.94 bits per heavy atom. The van der Waals surface area contributed by atoms with E-state index in [9.17, 15) is 4.79 Å². The molecule has 0 saturated heterocycles. The number of carbonyl (C=O) groups excluding carboxylic acids is 1. The monoisotopic (exact) mass is 232 g/mol. The van der Waals surface area contributed by atoms with Gasteiger partial charge in [-0.05, 0) is 49.1 Å². The quantitative estimate of drug-likeness (QED) is 0.776. The van der Waals surface area contributed by atoms with Gasteiger partial charge in [-0.2, -0.15) is 0 Å². The maximum Gasteiger partial charge on any atom is 0.133 e. The molecule has 0 radical (unpaired) electrons. The molecule has 2 aliphatic rings. The summed E-state index contributed by atoms with van der Waals surface area (Å²) in [7, 11) is 0. The van der Waals surface area contributed by atoms with E-state index in [1.807, 2.05) is 12.1 Å². The standard InChI is InChI=1S/C15H20O2/c16-14(5-6-15-2-1-7-17-15)10-13-9-11-3-4-12(13)8-11/h1-2,7,11-13H,3-6,8-10H2. The second-order valence-electron chi connectivity index (χ2n) is 5.76. The molecule has 1 aromatic rings. The summed E-state index contributed by atoms with van der Waals surface area (Å²) in [4.78, 5) is 11.9. The summed E-state index contributed by atoms with van der Waals surface area (Å²) in [5, 5.41) is 0. The molecule has 17 heavy (non-hydrogen) atoms. The summed E-state index contributed by atoms with van der Waals surface area (Å²) in [5.41, 5.74) is 0. The molecule has 3 atom stereocenters. The molecular formula is C15H20O2. The Morgan fingerprint density at radius 1 is 1.35 bits per heavy atom. The predicted molar refractivity (Wildman–Crippen MR) is 65.6 cm³/mol. The van der Waals surface area contributed by atoms with E-state index in [4.69, 9.17) is 4.42 Å². The Balaban J connectivity index is 1.44. The molecule has 3 unspecified atom stereocenters. The van der Waals surface area contributed by atoms with Crippen LogP contribution in [-0.4, -0.2) is 5.78 Å². The topological polar surface area (TPSA) is 30.2 Å². The van der Waals surface area contributed by atoms with Gasteiger partial charge in [0.15, 0.2) is 0 Å². The molecule has 92 valence electrons. The van der Waals surface area contributed by atoms with E-state index in [2.05, 4.69) is 0 Å². The van der Waals surface area contributed by atoms with E-state index < -0.39 is 0 Å². The molecule has 0 amide bonds. The third-order valence-electron chi connectivity index (χ3n) is 4.60. The van der Waals surface area contributed by atoms with Crippen LogP contribution < -0.4 is 0 Å². The summed E-state index contributed by atoms with van der Waals surface area (Å²) in [6.45, 7) is 0. The maximum absolute atomic E-state index is 11.9. The first kappa shape index (κ1) is 11.1. The van der Waals surface area contributed by atoms with Crippen molar-refractivity contribution in [2.75, 3.05) is 0 Å². The highest BCUT2D eigenvalue weighted by Gasteiger charge is 2.39. The SMILES string of the molecule is O=C(CCc1ccco1)CC1CC2CCC1C2. The lowest BCUT2D eigenvalue weighted by Gasteiger charge is -2.20. The Hall–Kier alpha value is -1.05. The van der Waals surface area contributed by atoms with Gasteiger partial charge in [-0.1, -0.05) is 6.42 Å². The summed E-state index contributed by atoms with van der Waals surface area (Å²) in [6.07, 6.45) is 9.43. The predicted octanol–water partition coefficient (Wildman–Crippen LogP) is 3.61. The van der Waals surface area contributed by atoms with Gasteiger partial charge in [-0.3, -0.25) is 4.79 Å². The zero-order chi connectivity index (χ0) is 11.7. The van der Waals surface area contributed by atoms with Gasteiger partial charge in [-0.25, -0.2) is 0 Å². The number of furan rings is 1. The third-order valence-corrected chi connectivity index (χ3v) is 4.60. The van der Waals surface area contributed by atoms with Gasteiger partial charge in [0.2, 0.25) is 0 Å². The molecule has 0 aliphatic heterocycles. The molecule has 1 aromatic heterocycles. The summed E-state index contributed by atoms with van der Waals surface area (Å²) >= 11 is 0. The fraction of sp³-hybridized carbons (Fsp3) is 0.667. The zero-order valence-electron chi connectivity index (χ0n) is 10.2. The van der Waals surface area contributed by atoms with Gasteiger partial charge < -0.3 is 4.42 Å².